The fourth-order valence-corrected chi connectivity index (χ4v) is 5.60. The maximum atomic E-state index is 13.5. The van der Waals surface area contributed by atoms with E-state index in [9.17, 15) is 9.59 Å². The number of benzene rings is 2. The van der Waals surface area contributed by atoms with Crippen LogP contribution in [0.5, 0.6) is 0 Å². The van der Waals surface area contributed by atoms with Gasteiger partial charge in [-0.05, 0) is 47.8 Å². The Labute approximate surface area is 218 Å². The Morgan fingerprint density at radius 3 is 2.30 bits per heavy atom. The average Bonchev–Trinajstić information content (AvgIpc) is 3.71. The zero-order valence-electron chi connectivity index (χ0n) is 19.2. The number of nitrogens with zero attached hydrogens (tertiary/aromatic N) is 5. The van der Waals surface area contributed by atoms with Crippen LogP contribution in [0.25, 0.3) is 32.0 Å². The molecule has 6 rings (SSSR count). The van der Waals surface area contributed by atoms with Crippen molar-refractivity contribution in [3.63, 3.8) is 0 Å². The second-order valence-corrected chi connectivity index (χ2v) is 10.00. The first-order valence-electron chi connectivity index (χ1n) is 11.3. The largest absolute Gasteiger partial charge is 0.298 e. The number of carbonyl (C=O) groups is 1. The normalized spacial score (nSPS) is 11.4. The molecule has 10 heteroatoms. The third-order valence-electron chi connectivity index (χ3n) is 5.58. The first kappa shape index (κ1) is 22.8. The fraction of sp³-hybridized carbons (Fsp3) is 0. The van der Waals surface area contributed by atoms with Gasteiger partial charge in [-0.15, -0.1) is 22.7 Å². The molecule has 0 aliphatic heterocycles. The molecule has 4 heterocycles. The molecule has 6 aromatic rings. The highest BCUT2D eigenvalue weighted by atomic mass is 32.1. The molecule has 4 aromatic heterocycles. The number of hydrogen-bond acceptors (Lipinski definition) is 7. The number of para-hydroxylation sites is 2. The molecule has 0 spiro atoms. The zero-order chi connectivity index (χ0) is 25.2. The Morgan fingerprint density at radius 1 is 0.865 bits per heavy atom. The Hall–Kier alpha value is -4.67. The maximum absolute atomic E-state index is 13.5. The summed E-state index contributed by atoms with van der Waals surface area (Å²) < 4.78 is 2.74. The molecule has 0 saturated carbocycles. The molecule has 0 atom stereocenters. The van der Waals surface area contributed by atoms with Gasteiger partial charge in [-0.3, -0.25) is 9.59 Å². The molecule has 1 amide bonds. The lowest BCUT2D eigenvalue weighted by Crippen LogP contribution is -2.28. The number of fused-ring (bicyclic) bond motifs is 1. The molecular weight excluding hydrogens is 504 g/mol. The number of nitrogens with one attached hydrogen (secondary N) is 1. The first-order valence-corrected chi connectivity index (χ1v) is 13.0. The molecule has 0 aliphatic rings. The van der Waals surface area contributed by atoms with Gasteiger partial charge < -0.3 is 0 Å². The van der Waals surface area contributed by atoms with Crippen LogP contribution in [0.2, 0.25) is 0 Å². The molecule has 2 aromatic carbocycles. The fourth-order valence-electron chi connectivity index (χ4n) is 3.88. The number of hydrogen-bond donors (Lipinski definition) is 1. The Kier molecular flexibility index (Phi) is 6.01. The van der Waals surface area contributed by atoms with Gasteiger partial charge in [0.2, 0.25) is 0 Å². The summed E-state index contributed by atoms with van der Waals surface area (Å²) >= 11 is 3.25. The Morgan fingerprint density at radius 2 is 1.59 bits per heavy atom. The van der Waals surface area contributed by atoms with E-state index >= 15 is 0 Å². The van der Waals surface area contributed by atoms with Gasteiger partial charge in [-0.25, -0.2) is 10.1 Å². The highest BCUT2D eigenvalue weighted by Gasteiger charge is 2.22. The van der Waals surface area contributed by atoms with E-state index in [0.29, 0.717) is 16.8 Å². The van der Waals surface area contributed by atoms with Crippen molar-refractivity contribution in [1.29, 1.82) is 0 Å². The monoisotopic (exact) mass is 522 g/mol. The lowest BCUT2D eigenvalue weighted by Gasteiger charge is -2.09. The summed E-state index contributed by atoms with van der Waals surface area (Å²) in [6, 6.07) is 26.3. The van der Waals surface area contributed by atoms with Crippen LogP contribution < -0.4 is 11.0 Å². The number of aromatic nitrogens is 4. The van der Waals surface area contributed by atoms with Gasteiger partial charge in [0.15, 0.2) is 5.69 Å². The molecule has 0 unspecified atom stereocenters. The predicted molar refractivity (Wildman–Crippen MR) is 147 cm³/mol. The van der Waals surface area contributed by atoms with Crippen molar-refractivity contribution in [1.82, 2.24) is 25.0 Å². The molecule has 0 fully saturated rings. The van der Waals surface area contributed by atoms with E-state index < -0.39 is 5.91 Å². The van der Waals surface area contributed by atoms with Crippen LogP contribution in [0.4, 0.5) is 0 Å². The van der Waals surface area contributed by atoms with Crippen molar-refractivity contribution in [2.24, 2.45) is 5.10 Å². The summed E-state index contributed by atoms with van der Waals surface area (Å²) in [5, 5.41) is 15.3. The molecule has 8 nitrogen and oxygen atoms in total. The lowest BCUT2D eigenvalue weighted by molar-refractivity contribution is 0.0950. The van der Waals surface area contributed by atoms with Crippen molar-refractivity contribution >= 4 is 45.7 Å². The van der Waals surface area contributed by atoms with Gasteiger partial charge in [0.25, 0.3) is 11.5 Å². The van der Waals surface area contributed by atoms with Gasteiger partial charge in [0.05, 0.1) is 29.2 Å². The highest BCUT2D eigenvalue weighted by molar-refractivity contribution is 7.22. The van der Waals surface area contributed by atoms with E-state index in [0.717, 1.165) is 9.75 Å². The van der Waals surface area contributed by atoms with E-state index in [-0.39, 0.29) is 16.8 Å². The zero-order valence-corrected chi connectivity index (χ0v) is 20.8. The molecule has 180 valence electrons. The van der Waals surface area contributed by atoms with Crippen molar-refractivity contribution in [2.45, 2.75) is 0 Å². The van der Waals surface area contributed by atoms with E-state index in [1.807, 2.05) is 60.0 Å². The number of amides is 1. The smallest absolute Gasteiger partial charge is 0.265 e. The van der Waals surface area contributed by atoms with E-state index in [1.54, 1.807) is 53.2 Å². The molecule has 0 radical (unpaired) electrons. The average molecular weight is 523 g/mol. The number of hydrazone groups is 1. The first-order chi connectivity index (χ1) is 18.2. The molecule has 37 heavy (non-hydrogen) atoms. The predicted octanol–water partition coefficient (Wildman–Crippen LogP) is 5.13. The van der Waals surface area contributed by atoms with E-state index in [1.165, 1.54) is 20.4 Å². The molecule has 0 aliphatic carbocycles. The van der Waals surface area contributed by atoms with Crippen LogP contribution in [0.15, 0.2) is 106 Å². The number of carbonyl (C=O) groups excluding carboxylic acids is 1. The maximum Gasteiger partial charge on any atom is 0.298 e. The van der Waals surface area contributed by atoms with Gasteiger partial charge in [-0.1, -0.05) is 42.5 Å². The van der Waals surface area contributed by atoms with Crippen LogP contribution >= 0.6 is 22.7 Å². The van der Waals surface area contributed by atoms with Crippen LogP contribution in [-0.2, 0) is 0 Å². The van der Waals surface area contributed by atoms with Crippen LogP contribution in [0, 0.1) is 0 Å². The van der Waals surface area contributed by atoms with Crippen molar-refractivity contribution < 1.29 is 4.79 Å². The summed E-state index contributed by atoms with van der Waals surface area (Å²) in [6.45, 7) is 0. The lowest BCUT2D eigenvalue weighted by atomic mass is 10.2. The number of thiophene rings is 2. The topological polar surface area (TPSA) is 94.2 Å². The summed E-state index contributed by atoms with van der Waals surface area (Å²) in [4.78, 5) is 30.0. The van der Waals surface area contributed by atoms with E-state index in [2.05, 4.69) is 26.8 Å². The summed E-state index contributed by atoms with van der Waals surface area (Å²) in [7, 11) is 0. The molecular formula is C27H18N6O2S2. The molecule has 1 N–H and O–H groups in total. The minimum atomic E-state index is -0.548. The molecule has 0 saturated heterocycles. The van der Waals surface area contributed by atoms with Gasteiger partial charge >= 0.3 is 0 Å². The SMILES string of the molecule is O=C(N/N=C/c1ccc(-c2cccs2)s1)c1nn(-c2ccccc2)c(=O)c2c1cnn2-c1ccccc1. The highest BCUT2D eigenvalue weighted by Crippen LogP contribution is 2.30. The Bertz CT molecular complexity index is 1790. The van der Waals surface area contributed by atoms with E-state index in [4.69, 9.17) is 0 Å². The quantitative estimate of drug-likeness (QED) is 0.243. The minimum Gasteiger partial charge on any atom is -0.265 e. The third-order valence-corrected chi connectivity index (χ3v) is 7.67. The minimum absolute atomic E-state index is 0.0447. The van der Waals surface area contributed by atoms with Crippen molar-refractivity contribution in [3.05, 3.63) is 117 Å². The van der Waals surface area contributed by atoms with Gasteiger partial charge in [-0.2, -0.15) is 20.0 Å². The third kappa shape index (κ3) is 4.39. The standard InChI is InChI=1S/C27H18N6O2S2/c34-26(30-28-16-20-13-14-23(37-20)22-12-7-15-36-22)24-21-17-29-32(18-8-3-1-4-9-18)25(21)27(35)33(31-24)19-10-5-2-6-11-19/h1-17H,(H,30,34)/b28-16+. The Balaban J connectivity index is 1.38. The van der Waals surface area contributed by atoms with Crippen LogP contribution in [-0.4, -0.2) is 31.7 Å². The summed E-state index contributed by atoms with van der Waals surface area (Å²) in [5.41, 5.74) is 3.69. The van der Waals surface area contributed by atoms with Crippen molar-refractivity contribution in [2.75, 3.05) is 0 Å². The van der Waals surface area contributed by atoms with Crippen molar-refractivity contribution in [3.8, 4) is 21.1 Å². The second kappa shape index (κ2) is 9.76. The van der Waals surface area contributed by atoms with Crippen LogP contribution in [0.1, 0.15) is 15.4 Å². The van der Waals surface area contributed by atoms with Gasteiger partial charge in [0.1, 0.15) is 5.52 Å². The van der Waals surface area contributed by atoms with Gasteiger partial charge in [0, 0.05) is 14.6 Å². The summed E-state index contributed by atoms with van der Waals surface area (Å²) in [6.07, 6.45) is 3.08. The summed E-state index contributed by atoms with van der Waals surface area (Å²) in [5.74, 6) is -0.548. The molecule has 0 bridgehead atoms. The second-order valence-electron chi connectivity index (χ2n) is 7.93. The number of rotatable bonds is 6. The van der Waals surface area contributed by atoms with Crippen LogP contribution in [0.3, 0.4) is 0 Å².